The molecule has 0 rings (SSSR count). The maximum absolute atomic E-state index is 10.5. The second kappa shape index (κ2) is 14.9. The van der Waals surface area contributed by atoms with E-state index in [9.17, 15) is 8.42 Å². The Hall–Kier alpha value is -0.170. The van der Waals surface area contributed by atoms with Crippen molar-refractivity contribution in [1.29, 1.82) is 0 Å². The molecule has 0 amide bonds. The summed E-state index contributed by atoms with van der Waals surface area (Å²) in [5, 5.41) is 0. The molecular formula is C19H42NO4S+. The zero-order chi connectivity index (χ0) is 19.0. The van der Waals surface area contributed by atoms with Crippen LogP contribution in [0.5, 0.6) is 0 Å². The van der Waals surface area contributed by atoms with E-state index in [0.717, 1.165) is 17.6 Å². The van der Waals surface area contributed by atoms with E-state index in [-0.39, 0.29) is 6.61 Å². The fourth-order valence-electron chi connectivity index (χ4n) is 3.15. The van der Waals surface area contributed by atoms with Gasteiger partial charge in [-0.25, -0.2) is 4.18 Å². The predicted molar refractivity (Wildman–Crippen MR) is 105 cm³/mol. The molecule has 0 aromatic rings. The van der Waals surface area contributed by atoms with Gasteiger partial charge in [-0.15, -0.1) is 0 Å². The third-order valence-electron chi connectivity index (χ3n) is 4.76. The molecule has 0 aliphatic rings. The van der Waals surface area contributed by atoms with Crippen molar-refractivity contribution in [3.05, 3.63) is 0 Å². The summed E-state index contributed by atoms with van der Waals surface area (Å²) in [5.74, 6) is 0. The monoisotopic (exact) mass is 380 g/mol. The molecule has 0 aromatic heterocycles. The largest absolute Gasteiger partial charge is 0.397 e. The number of nitrogens with zero attached hydrogens (tertiary/aromatic N) is 1. The molecule has 0 heterocycles. The first-order valence-electron chi connectivity index (χ1n) is 10.2. The van der Waals surface area contributed by atoms with Crippen LogP contribution in [0, 0.1) is 0 Å². The van der Waals surface area contributed by atoms with Crippen LogP contribution in [0.1, 0.15) is 90.4 Å². The van der Waals surface area contributed by atoms with Crippen molar-refractivity contribution < 1.29 is 21.6 Å². The Morgan fingerprint density at radius 2 is 1.12 bits per heavy atom. The summed E-state index contributed by atoms with van der Waals surface area (Å²) < 4.78 is 34.7. The lowest BCUT2D eigenvalue weighted by atomic mass is 10.1. The standard InChI is InChI=1S/C19H41NO4S/c1-4-5-6-7-8-9-10-11-12-13-14-15-17-20(2,3)18-16-19-24-25(21,22)23/h4-19H2,1-3H3/p+1. The van der Waals surface area contributed by atoms with Crippen molar-refractivity contribution >= 4 is 10.4 Å². The SMILES string of the molecule is CCCCCCCCCCCCCC[N+](C)(C)CCCOS(=O)(=O)O. The first-order chi connectivity index (χ1) is 11.8. The fraction of sp³-hybridized carbons (Fsp3) is 1.00. The molecule has 0 saturated heterocycles. The lowest BCUT2D eigenvalue weighted by Gasteiger charge is -2.29. The minimum atomic E-state index is -4.29. The van der Waals surface area contributed by atoms with Crippen LogP contribution in [0.25, 0.3) is 0 Å². The van der Waals surface area contributed by atoms with Crippen LogP contribution in [0.2, 0.25) is 0 Å². The maximum Gasteiger partial charge on any atom is 0.397 e. The van der Waals surface area contributed by atoms with E-state index < -0.39 is 10.4 Å². The number of hydrogen-bond donors (Lipinski definition) is 1. The Bertz CT molecular complexity index is 396. The molecule has 0 aliphatic carbocycles. The average Bonchev–Trinajstić information content (AvgIpc) is 2.52. The Morgan fingerprint density at radius 3 is 1.56 bits per heavy atom. The molecule has 0 aromatic carbocycles. The topological polar surface area (TPSA) is 63.6 Å². The van der Waals surface area contributed by atoms with Crippen molar-refractivity contribution in [3.8, 4) is 0 Å². The van der Waals surface area contributed by atoms with Crippen LogP contribution in [-0.4, -0.2) is 51.2 Å². The van der Waals surface area contributed by atoms with Crippen molar-refractivity contribution in [3.63, 3.8) is 0 Å². The summed E-state index contributed by atoms with van der Waals surface area (Å²) in [6, 6.07) is 0. The zero-order valence-corrected chi connectivity index (χ0v) is 17.7. The maximum atomic E-state index is 10.5. The molecule has 6 heteroatoms. The fourth-order valence-corrected chi connectivity index (χ4v) is 3.48. The van der Waals surface area contributed by atoms with Gasteiger partial charge in [-0.2, -0.15) is 8.42 Å². The van der Waals surface area contributed by atoms with E-state index in [1.807, 2.05) is 0 Å². The molecule has 0 aliphatic heterocycles. The van der Waals surface area contributed by atoms with E-state index >= 15 is 0 Å². The Labute approximate surface area is 156 Å². The van der Waals surface area contributed by atoms with Gasteiger partial charge < -0.3 is 4.48 Å². The van der Waals surface area contributed by atoms with Crippen LogP contribution in [0.15, 0.2) is 0 Å². The third kappa shape index (κ3) is 20.0. The van der Waals surface area contributed by atoms with Crippen molar-refractivity contribution in [2.75, 3.05) is 33.8 Å². The summed E-state index contributed by atoms with van der Waals surface area (Å²) in [5.41, 5.74) is 0. The first-order valence-corrected chi connectivity index (χ1v) is 11.6. The van der Waals surface area contributed by atoms with Gasteiger partial charge in [-0.3, -0.25) is 4.55 Å². The number of unbranched alkanes of at least 4 members (excludes halogenated alkanes) is 11. The Balaban J connectivity index is 3.39. The number of hydrogen-bond acceptors (Lipinski definition) is 3. The lowest BCUT2D eigenvalue weighted by molar-refractivity contribution is -0.890. The van der Waals surface area contributed by atoms with Crippen LogP contribution in [0.3, 0.4) is 0 Å². The van der Waals surface area contributed by atoms with E-state index in [1.54, 1.807) is 0 Å². The van der Waals surface area contributed by atoms with E-state index in [0.29, 0.717) is 6.42 Å². The van der Waals surface area contributed by atoms with Crippen LogP contribution < -0.4 is 0 Å². The second-order valence-corrected chi connectivity index (χ2v) is 8.97. The van der Waals surface area contributed by atoms with Gasteiger partial charge in [0, 0.05) is 6.42 Å². The molecule has 152 valence electrons. The number of rotatable bonds is 18. The average molecular weight is 381 g/mol. The quantitative estimate of drug-likeness (QED) is 0.207. The van der Waals surface area contributed by atoms with Crippen LogP contribution >= 0.6 is 0 Å². The summed E-state index contributed by atoms with van der Waals surface area (Å²) in [4.78, 5) is 0. The number of quaternary nitrogens is 1. The van der Waals surface area contributed by atoms with E-state index in [2.05, 4.69) is 25.2 Å². The molecule has 25 heavy (non-hydrogen) atoms. The molecule has 0 atom stereocenters. The van der Waals surface area contributed by atoms with Gasteiger partial charge in [0.1, 0.15) is 0 Å². The van der Waals surface area contributed by atoms with Crippen LogP contribution in [0.4, 0.5) is 0 Å². The smallest absolute Gasteiger partial charge is 0.328 e. The molecular weight excluding hydrogens is 338 g/mol. The third-order valence-corrected chi connectivity index (χ3v) is 5.22. The zero-order valence-electron chi connectivity index (χ0n) is 16.8. The molecule has 5 nitrogen and oxygen atoms in total. The van der Waals surface area contributed by atoms with Gasteiger partial charge in [0.2, 0.25) is 0 Å². The lowest BCUT2D eigenvalue weighted by Crippen LogP contribution is -2.41. The summed E-state index contributed by atoms with van der Waals surface area (Å²) in [7, 11) is 0.0284. The van der Waals surface area contributed by atoms with Crippen molar-refractivity contribution in [1.82, 2.24) is 0 Å². The highest BCUT2D eigenvalue weighted by Gasteiger charge is 2.14. The first kappa shape index (κ1) is 24.8. The Kier molecular flexibility index (Phi) is 14.8. The van der Waals surface area contributed by atoms with Gasteiger partial charge in [-0.05, 0) is 12.8 Å². The van der Waals surface area contributed by atoms with E-state index in [4.69, 9.17) is 4.55 Å². The molecule has 0 unspecified atom stereocenters. The molecule has 0 fully saturated rings. The highest BCUT2D eigenvalue weighted by Crippen LogP contribution is 2.13. The second-order valence-electron chi connectivity index (χ2n) is 7.88. The summed E-state index contributed by atoms with van der Waals surface area (Å²) in [6.07, 6.45) is 16.9. The minimum absolute atomic E-state index is 0.0545. The molecule has 0 spiro atoms. The normalized spacial score (nSPS) is 12.6. The van der Waals surface area contributed by atoms with Crippen LogP contribution in [-0.2, 0) is 14.6 Å². The molecule has 0 bridgehead atoms. The van der Waals surface area contributed by atoms with Gasteiger partial charge in [0.05, 0.1) is 33.8 Å². The highest BCUT2D eigenvalue weighted by molar-refractivity contribution is 7.80. The van der Waals surface area contributed by atoms with Gasteiger partial charge in [-0.1, -0.05) is 71.1 Å². The van der Waals surface area contributed by atoms with Gasteiger partial charge in [0.25, 0.3) is 0 Å². The molecule has 0 radical (unpaired) electrons. The Morgan fingerprint density at radius 1 is 0.720 bits per heavy atom. The predicted octanol–water partition coefficient (Wildman–Crippen LogP) is 4.97. The summed E-state index contributed by atoms with van der Waals surface area (Å²) >= 11 is 0. The van der Waals surface area contributed by atoms with Gasteiger partial charge in [0.15, 0.2) is 0 Å². The minimum Gasteiger partial charge on any atom is -0.328 e. The van der Waals surface area contributed by atoms with Gasteiger partial charge >= 0.3 is 10.4 Å². The highest BCUT2D eigenvalue weighted by atomic mass is 32.3. The van der Waals surface area contributed by atoms with Crippen molar-refractivity contribution in [2.24, 2.45) is 0 Å². The van der Waals surface area contributed by atoms with E-state index in [1.165, 1.54) is 77.0 Å². The van der Waals surface area contributed by atoms with Crippen molar-refractivity contribution in [2.45, 2.75) is 90.4 Å². The molecule has 0 saturated carbocycles. The molecule has 1 N–H and O–H groups in total. The summed E-state index contributed by atoms with van der Waals surface area (Å²) in [6.45, 7) is 4.27.